The zero-order valence-corrected chi connectivity index (χ0v) is 22.9. The molecule has 0 saturated heterocycles. The van der Waals surface area contributed by atoms with E-state index in [-0.39, 0.29) is 33.4 Å². The Hall–Kier alpha value is -5.34. The predicted molar refractivity (Wildman–Crippen MR) is 150 cm³/mol. The molecule has 1 aliphatic heterocycles. The van der Waals surface area contributed by atoms with Crippen molar-refractivity contribution < 1.29 is 23.8 Å². The highest BCUT2D eigenvalue weighted by atomic mass is 35.5. The number of carbonyl (C=O) groups is 2. The summed E-state index contributed by atoms with van der Waals surface area (Å²) in [6.45, 7) is 0. The number of nitrogens with two attached hydrogens (primary N) is 1. The van der Waals surface area contributed by atoms with Crippen molar-refractivity contribution in [1.29, 1.82) is 5.26 Å². The second kappa shape index (κ2) is 11.0. The largest absolute Gasteiger partial charge is 0.480 e. The molecular weight excluding hydrogens is 548 g/mol. The van der Waals surface area contributed by atoms with Gasteiger partial charge in [0, 0.05) is 11.6 Å². The van der Waals surface area contributed by atoms with Crippen molar-refractivity contribution in [3.63, 3.8) is 0 Å². The van der Waals surface area contributed by atoms with Gasteiger partial charge in [-0.3, -0.25) is 4.90 Å². The zero-order valence-electron chi connectivity index (χ0n) is 22.2. The minimum atomic E-state index is -1.000. The number of benzene rings is 2. The molecule has 1 atom stereocenters. The molecule has 1 unspecified atom stereocenters. The lowest BCUT2D eigenvalue weighted by molar-refractivity contribution is -0.139. The van der Waals surface area contributed by atoms with Crippen LogP contribution in [-0.2, 0) is 19.1 Å². The average Bonchev–Trinajstić information content (AvgIpc) is 3.44. The summed E-state index contributed by atoms with van der Waals surface area (Å²) in [5.41, 5.74) is 8.74. The fourth-order valence-corrected chi connectivity index (χ4v) is 4.92. The van der Waals surface area contributed by atoms with Crippen molar-refractivity contribution in [1.82, 2.24) is 14.6 Å². The highest BCUT2D eigenvalue weighted by molar-refractivity contribution is 6.33. The average molecular weight is 571 g/mol. The van der Waals surface area contributed by atoms with Crippen LogP contribution in [0.25, 0.3) is 16.9 Å². The summed E-state index contributed by atoms with van der Waals surface area (Å²) in [6, 6.07) is 19.3. The molecule has 0 amide bonds. The van der Waals surface area contributed by atoms with Gasteiger partial charge in [-0.15, -0.1) is 5.10 Å². The Morgan fingerprint density at radius 1 is 1.02 bits per heavy atom. The standard InChI is InChI=1S/C29H23ClN6O5/c1-39-23-12-11-22-33-20(15-35(22)34-23)17-9-10-19(30)21(13-17)36-26(29(38)41-3)25(28(37)40-2)24(18(14-31)27(36)32)16-7-5-4-6-8-16/h4-13,15,24H,32H2,1-3H3. The van der Waals surface area contributed by atoms with Crippen LogP contribution in [0.1, 0.15) is 11.5 Å². The van der Waals surface area contributed by atoms with Crippen LogP contribution in [0.15, 0.2) is 89.5 Å². The molecule has 0 spiro atoms. The Bertz CT molecular complexity index is 1790. The number of aromatic nitrogens is 3. The lowest BCUT2D eigenvalue weighted by Gasteiger charge is -2.36. The molecule has 11 nitrogen and oxygen atoms in total. The number of anilines is 1. The Morgan fingerprint density at radius 2 is 1.76 bits per heavy atom. The topological polar surface area (TPSA) is 145 Å². The predicted octanol–water partition coefficient (Wildman–Crippen LogP) is 3.96. The minimum absolute atomic E-state index is 0.0229. The van der Waals surface area contributed by atoms with Crippen LogP contribution in [0.5, 0.6) is 5.88 Å². The van der Waals surface area contributed by atoms with Gasteiger partial charge in [-0.2, -0.15) is 5.26 Å². The highest BCUT2D eigenvalue weighted by Gasteiger charge is 2.43. The van der Waals surface area contributed by atoms with Gasteiger partial charge >= 0.3 is 11.9 Å². The number of hydrogen-bond donors (Lipinski definition) is 1. The van der Waals surface area contributed by atoms with E-state index in [4.69, 9.17) is 31.5 Å². The van der Waals surface area contributed by atoms with Crippen LogP contribution in [0, 0.1) is 11.3 Å². The van der Waals surface area contributed by atoms with Gasteiger partial charge < -0.3 is 19.9 Å². The summed E-state index contributed by atoms with van der Waals surface area (Å²) < 4.78 is 16.9. The van der Waals surface area contributed by atoms with E-state index in [0.29, 0.717) is 28.3 Å². The molecule has 0 saturated carbocycles. The number of nitrogens with zero attached hydrogens (tertiary/aromatic N) is 5. The van der Waals surface area contributed by atoms with Gasteiger partial charge in [0.2, 0.25) is 5.88 Å². The van der Waals surface area contributed by atoms with Gasteiger partial charge in [0.05, 0.1) is 67.1 Å². The van der Waals surface area contributed by atoms with Crippen LogP contribution in [0.3, 0.4) is 0 Å². The number of ether oxygens (including phenoxy) is 3. The summed E-state index contributed by atoms with van der Waals surface area (Å²) in [4.78, 5) is 32.5. The van der Waals surface area contributed by atoms with E-state index >= 15 is 0 Å². The van der Waals surface area contributed by atoms with Gasteiger partial charge in [0.1, 0.15) is 11.5 Å². The van der Waals surface area contributed by atoms with Crippen LogP contribution >= 0.6 is 11.6 Å². The van der Waals surface area contributed by atoms with Crippen molar-refractivity contribution in [3.8, 4) is 23.2 Å². The molecule has 41 heavy (non-hydrogen) atoms. The first-order chi connectivity index (χ1) is 19.8. The van der Waals surface area contributed by atoms with Crippen molar-refractivity contribution in [2.45, 2.75) is 5.92 Å². The molecule has 0 bridgehead atoms. The second-order valence-corrected chi connectivity index (χ2v) is 9.21. The van der Waals surface area contributed by atoms with Crippen molar-refractivity contribution in [2.24, 2.45) is 5.73 Å². The molecule has 2 aromatic heterocycles. The lowest BCUT2D eigenvalue weighted by Crippen LogP contribution is -2.40. The minimum Gasteiger partial charge on any atom is -0.480 e. The zero-order chi connectivity index (χ0) is 29.3. The van der Waals surface area contributed by atoms with Gasteiger partial charge in [-0.1, -0.05) is 48.0 Å². The normalized spacial score (nSPS) is 15.1. The number of fused-ring (bicyclic) bond motifs is 1. The third-order valence-electron chi connectivity index (χ3n) is 6.60. The Balaban J connectivity index is 1.76. The van der Waals surface area contributed by atoms with Crippen molar-refractivity contribution in [3.05, 3.63) is 100 Å². The number of rotatable bonds is 6. The molecular formula is C29H23ClN6O5. The Kier molecular flexibility index (Phi) is 7.33. The molecule has 3 heterocycles. The summed E-state index contributed by atoms with van der Waals surface area (Å²) in [6.07, 6.45) is 1.70. The van der Waals surface area contributed by atoms with Crippen molar-refractivity contribution >= 4 is 34.9 Å². The van der Waals surface area contributed by atoms with E-state index in [2.05, 4.69) is 16.2 Å². The van der Waals surface area contributed by atoms with E-state index in [1.165, 1.54) is 26.2 Å². The number of imidazole rings is 1. The first-order valence-electron chi connectivity index (χ1n) is 12.2. The number of esters is 2. The smallest absolute Gasteiger partial charge is 0.355 e. The number of hydrogen-bond acceptors (Lipinski definition) is 10. The highest BCUT2D eigenvalue weighted by Crippen LogP contribution is 2.45. The second-order valence-electron chi connectivity index (χ2n) is 8.81. The number of nitriles is 1. The molecule has 4 aromatic rings. The van der Waals surface area contributed by atoms with Gasteiger partial charge in [-0.05, 0) is 23.8 Å². The SMILES string of the molecule is COC(=O)C1=C(C(=O)OC)N(c2cc(-c3cn4nc(OC)ccc4n3)ccc2Cl)C(N)=C(C#N)C1c1ccccc1. The molecule has 2 N–H and O–H groups in total. The van der Waals surface area contributed by atoms with E-state index in [1.807, 2.05) is 0 Å². The maximum Gasteiger partial charge on any atom is 0.355 e. The number of methoxy groups -OCH3 is 3. The first-order valence-corrected chi connectivity index (χ1v) is 12.6. The molecule has 1 aliphatic rings. The van der Waals surface area contributed by atoms with E-state index in [1.54, 1.807) is 71.4 Å². The molecule has 5 rings (SSSR count). The fourth-order valence-electron chi connectivity index (χ4n) is 4.72. The Labute approximate surface area is 239 Å². The molecule has 2 aromatic carbocycles. The van der Waals surface area contributed by atoms with Crippen LogP contribution in [0.4, 0.5) is 5.69 Å². The van der Waals surface area contributed by atoms with E-state index in [0.717, 1.165) is 0 Å². The third-order valence-corrected chi connectivity index (χ3v) is 6.92. The summed E-state index contributed by atoms with van der Waals surface area (Å²) in [5.74, 6) is -2.41. The van der Waals surface area contributed by atoms with Gasteiger partial charge in [-0.25, -0.2) is 19.1 Å². The van der Waals surface area contributed by atoms with E-state index < -0.39 is 17.9 Å². The fraction of sp³-hybridized carbons (Fsp3) is 0.138. The quantitative estimate of drug-likeness (QED) is 0.338. The van der Waals surface area contributed by atoms with Crippen LogP contribution in [0.2, 0.25) is 5.02 Å². The van der Waals surface area contributed by atoms with E-state index in [9.17, 15) is 14.9 Å². The molecule has 0 aliphatic carbocycles. The number of carbonyl (C=O) groups excluding carboxylic acids is 2. The first kappa shape index (κ1) is 27.2. The van der Waals surface area contributed by atoms with Gasteiger partial charge in [0.25, 0.3) is 0 Å². The summed E-state index contributed by atoms with van der Waals surface area (Å²) in [5, 5.41) is 14.8. The number of halogens is 1. The summed E-state index contributed by atoms with van der Waals surface area (Å²) in [7, 11) is 3.88. The lowest BCUT2D eigenvalue weighted by atomic mass is 9.81. The van der Waals surface area contributed by atoms with Crippen LogP contribution < -0.4 is 15.4 Å². The number of allylic oxidation sites excluding steroid dienone is 1. The molecule has 12 heteroatoms. The maximum absolute atomic E-state index is 13.4. The molecule has 206 valence electrons. The van der Waals surface area contributed by atoms with Crippen molar-refractivity contribution in [2.75, 3.05) is 26.2 Å². The monoisotopic (exact) mass is 570 g/mol. The Morgan fingerprint density at radius 3 is 2.41 bits per heavy atom. The summed E-state index contributed by atoms with van der Waals surface area (Å²) >= 11 is 6.67. The van der Waals surface area contributed by atoms with Gasteiger partial charge in [0.15, 0.2) is 5.65 Å². The molecule has 0 radical (unpaired) electrons. The third kappa shape index (κ3) is 4.70. The molecule has 0 fully saturated rings. The maximum atomic E-state index is 13.4. The van der Waals surface area contributed by atoms with Crippen LogP contribution in [-0.4, -0.2) is 47.9 Å².